The smallest absolute Gasteiger partial charge is 0.253 e. The number of rotatable bonds is 6. The number of anilines is 2. The summed E-state index contributed by atoms with van der Waals surface area (Å²) in [5, 5.41) is 15.9. The first-order valence-electron chi connectivity index (χ1n) is 6.61. The number of aliphatic hydroxyl groups excluding tert-OH is 1. The highest BCUT2D eigenvalue weighted by atomic mass is 16.5. The second-order valence-electron chi connectivity index (χ2n) is 4.59. The van der Waals surface area contributed by atoms with Crippen molar-refractivity contribution >= 4 is 17.3 Å². The molecule has 8 heteroatoms. The van der Waals surface area contributed by atoms with Crippen LogP contribution >= 0.6 is 0 Å². The van der Waals surface area contributed by atoms with Crippen molar-refractivity contribution in [1.29, 1.82) is 0 Å². The standard InChI is InChI=1S/C13H17N5O3/c14-17-16-8-12(19)7-15-10-1-3-11(4-2-10)18-5-6-21-9-13(18)20/h1-4,12,15,19H,5-9H2/t12-/m1/s1. The summed E-state index contributed by atoms with van der Waals surface area (Å²) in [5.74, 6) is -0.0493. The SMILES string of the molecule is [N-]=[N+]=NC[C@H](O)CNc1ccc(N2CCOCC2=O)cc1. The minimum Gasteiger partial charge on any atom is -0.391 e. The fourth-order valence-electron chi connectivity index (χ4n) is 1.98. The molecule has 1 fully saturated rings. The van der Waals surface area contributed by atoms with Gasteiger partial charge in [0, 0.05) is 29.4 Å². The van der Waals surface area contributed by atoms with Gasteiger partial charge in [0.2, 0.25) is 0 Å². The lowest BCUT2D eigenvalue weighted by atomic mass is 10.2. The molecule has 0 spiro atoms. The monoisotopic (exact) mass is 291 g/mol. The molecule has 0 aliphatic carbocycles. The highest BCUT2D eigenvalue weighted by Gasteiger charge is 2.19. The van der Waals surface area contributed by atoms with Crippen LogP contribution in [0.2, 0.25) is 0 Å². The molecule has 0 unspecified atom stereocenters. The molecule has 2 N–H and O–H groups in total. The number of hydrogen-bond donors (Lipinski definition) is 2. The van der Waals surface area contributed by atoms with Crippen molar-refractivity contribution in [3.05, 3.63) is 34.7 Å². The van der Waals surface area contributed by atoms with Crippen molar-refractivity contribution in [2.45, 2.75) is 6.10 Å². The third kappa shape index (κ3) is 4.35. The summed E-state index contributed by atoms with van der Waals surface area (Å²) in [6, 6.07) is 7.34. The third-order valence-electron chi connectivity index (χ3n) is 3.06. The zero-order valence-corrected chi connectivity index (χ0v) is 11.5. The van der Waals surface area contributed by atoms with Crippen LogP contribution in [0.25, 0.3) is 10.4 Å². The van der Waals surface area contributed by atoms with Gasteiger partial charge >= 0.3 is 0 Å². The molecule has 0 aromatic heterocycles. The Morgan fingerprint density at radius 3 is 2.90 bits per heavy atom. The van der Waals surface area contributed by atoms with Gasteiger partial charge in [-0.15, -0.1) is 0 Å². The van der Waals surface area contributed by atoms with Crippen LogP contribution in [0.1, 0.15) is 0 Å². The summed E-state index contributed by atoms with van der Waals surface area (Å²) < 4.78 is 5.09. The molecule has 1 aliphatic heterocycles. The Labute approximate surface area is 121 Å². The third-order valence-corrected chi connectivity index (χ3v) is 3.06. The van der Waals surface area contributed by atoms with Crippen molar-refractivity contribution in [3.8, 4) is 0 Å². The summed E-state index contributed by atoms with van der Waals surface area (Å²) in [5.41, 5.74) is 9.80. The van der Waals surface area contributed by atoms with Crippen LogP contribution in [0.5, 0.6) is 0 Å². The van der Waals surface area contributed by atoms with Crippen LogP contribution in [0.3, 0.4) is 0 Å². The van der Waals surface area contributed by atoms with Crippen LogP contribution in [0, 0.1) is 0 Å². The molecule has 2 rings (SSSR count). The van der Waals surface area contributed by atoms with E-state index in [1.165, 1.54) is 0 Å². The lowest BCUT2D eigenvalue weighted by Gasteiger charge is -2.27. The Kier molecular flexibility index (Phi) is 5.39. The van der Waals surface area contributed by atoms with Gasteiger partial charge in [-0.05, 0) is 29.8 Å². The number of carbonyl (C=O) groups is 1. The largest absolute Gasteiger partial charge is 0.391 e. The second kappa shape index (κ2) is 7.49. The Bertz CT molecular complexity index is 527. The predicted molar refractivity (Wildman–Crippen MR) is 78.1 cm³/mol. The first-order chi connectivity index (χ1) is 10.2. The molecular weight excluding hydrogens is 274 g/mol. The molecule has 1 amide bonds. The van der Waals surface area contributed by atoms with E-state index in [1.54, 1.807) is 4.90 Å². The molecular formula is C13H17N5O3. The number of hydrogen-bond acceptors (Lipinski definition) is 5. The Morgan fingerprint density at radius 1 is 1.48 bits per heavy atom. The highest BCUT2D eigenvalue weighted by molar-refractivity contribution is 5.94. The molecule has 1 atom stereocenters. The molecule has 1 heterocycles. The summed E-state index contributed by atoms with van der Waals surface area (Å²) >= 11 is 0. The fraction of sp³-hybridized carbons (Fsp3) is 0.462. The van der Waals surface area contributed by atoms with E-state index in [0.717, 1.165) is 11.4 Å². The van der Waals surface area contributed by atoms with E-state index >= 15 is 0 Å². The minimum absolute atomic E-state index is 0.0316. The number of nitrogens with one attached hydrogen (secondary N) is 1. The number of ether oxygens (including phenoxy) is 1. The Balaban J connectivity index is 1.89. The van der Waals surface area contributed by atoms with E-state index in [2.05, 4.69) is 15.3 Å². The van der Waals surface area contributed by atoms with Crippen molar-refractivity contribution in [1.82, 2.24) is 0 Å². The van der Waals surface area contributed by atoms with Crippen LogP contribution < -0.4 is 10.2 Å². The Hall–Kier alpha value is -2.28. The van der Waals surface area contributed by atoms with Crippen LogP contribution in [0.4, 0.5) is 11.4 Å². The van der Waals surface area contributed by atoms with E-state index in [4.69, 9.17) is 10.3 Å². The maximum absolute atomic E-state index is 11.7. The average Bonchev–Trinajstić information content (AvgIpc) is 2.52. The van der Waals surface area contributed by atoms with Crippen LogP contribution in [-0.2, 0) is 9.53 Å². The van der Waals surface area contributed by atoms with Gasteiger partial charge in [-0.1, -0.05) is 5.11 Å². The first kappa shape index (κ1) is 15.1. The maximum atomic E-state index is 11.7. The van der Waals surface area contributed by atoms with E-state index in [0.29, 0.717) is 13.2 Å². The van der Waals surface area contributed by atoms with Crippen molar-refractivity contribution < 1.29 is 14.6 Å². The predicted octanol–water partition coefficient (Wildman–Crippen LogP) is 1.13. The van der Waals surface area contributed by atoms with Crippen molar-refractivity contribution in [3.63, 3.8) is 0 Å². The average molecular weight is 291 g/mol. The zero-order chi connectivity index (χ0) is 15.1. The second-order valence-corrected chi connectivity index (χ2v) is 4.59. The first-order valence-corrected chi connectivity index (χ1v) is 6.61. The highest BCUT2D eigenvalue weighted by Crippen LogP contribution is 2.19. The molecule has 0 radical (unpaired) electrons. The lowest BCUT2D eigenvalue weighted by Crippen LogP contribution is -2.41. The number of nitrogens with zero attached hydrogens (tertiary/aromatic N) is 4. The van der Waals surface area contributed by atoms with Gasteiger partial charge in [-0.25, -0.2) is 0 Å². The van der Waals surface area contributed by atoms with Gasteiger partial charge in [-0.3, -0.25) is 4.79 Å². The van der Waals surface area contributed by atoms with E-state index in [9.17, 15) is 9.90 Å². The zero-order valence-electron chi connectivity index (χ0n) is 11.5. The summed E-state index contributed by atoms with van der Waals surface area (Å²) in [4.78, 5) is 16.0. The molecule has 1 aromatic carbocycles. The molecule has 0 bridgehead atoms. The Morgan fingerprint density at radius 2 is 2.24 bits per heavy atom. The number of benzene rings is 1. The summed E-state index contributed by atoms with van der Waals surface area (Å²) in [7, 11) is 0. The molecule has 1 aliphatic rings. The van der Waals surface area contributed by atoms with E-state index in [-0.39, 0.29) is 25.6 Å². The summed E-state index contributed by atoms with van der Waals surface area (Å²) in [6.45, 7) is 1.53. The molecule has 8 nitrogen and oxygen atoms in total. The quantitative estimate of drug-likeness (QED) is 0.465. The minimum atomic E-state index is -0.735. The van der Waals surface area contributed by atoms with E-state index in [1.807, 2.05) is 24.3 Å². The lowest BCUT2D eigenvalue weighted by molar-refractivity contribution is -0.125. The molecule has 0 saturated carbocycles. The number of carbonyl (C=O) groups excluding carboxylic acids is 1. The van der Waals surface area contributed by atoms with E-state index < -0.39 is 6.10 Å². The van der Waals surface area contributed by atoms with Crippen LogP contribution in [0.15, 0.2) is 29.4 Å². The van der Waals surface area contributed by atoms with Gasteiger partial charge in [-0.2, -0.15) is 0 Å². The van der Waals surface area contributed by atoms with Gasteiger partial charge in [0.25, 0.3) is 5.91 Å². The number of azide groups is 1. The molecule has 1 saturated heterocycles. The van der Waals surface area contributed by atoms with Gasteiger partial charge < -0.3 is 20.1 Å². The van der Waals surface area contributed by atoms with Gasteiger partial charge in [0.1, 0.15) is 6.61 Å². The summed E-state index contributed by atoms with van der Waals surface area (Å²) in [6.07, 6.45) is -0.735. The number of morpholine rings is 1. The van der Waals surface area contributed by atoms with Gasteiger partial charge in [0.05, 0.1) is 19.3 Å². The van der Waals surface area contributed by atoms with Crippen molar-refractivity contribution in [2.24, 2.45) is 5.11 Å². The normalized spacial score (nSPS) is 16.2. The fourth-order valence-corrected chi connectivity index (χ4v) is 1.98. The molecule has 112 valence electrons. The topological polar surface area (TPSA) is 111 Å². The maximum Gasteiger partial charge on any atom is 0.253 e. The van der Waals surface area contributed by atoms with Gasteiger partial charge in [0.15, 0.2) is 0 Å². The number of aliphatic hydroxyl groups is 1. The van der Waals surface area contributed by atoms with Crippen LogP contribution in [-0.4, -0.2) is 50.0 Å². The molecule has 21 heavy (non-hydrogen) atoms. The van der Waals surface area contributed by atoms with Crippen molar-refractivity contribution in [2.75, 3.05) is 43.1 Å². The number of amides is 1. The molecule has 1 aromatic rings.